The fourth-order valence-corrected chi connectivity index (χ4v) is 1.82. The van der Waals surface area contributed by atoms with E-state index in [2.05, 4.69) is 11.8 Å². The van der Waals surface area contributed by atoms with E-state index in [1.54, 1.807) is 24.3 Å². The van der Waals surface area contributed by atoms with Crippen LogP contribution in [0.5, 0.6) is 5.75 Å². The van der Waals surface area contributed by atoms with Crippen molar-refractivity contribution in [2.45, 2.75) is 6.61 Å². The van der Waals surface area contributed by atoms with Crippen LogP contribution in [-0.2, 0) is 6.61 Å². The lowest BCUT2D eigenvalue weighted by molar-refractivity contribution is 0.300. The topological polar surface area (TPSA) is 9.23 Å². The van der Waals surface area contributed by atoms with Crippen LogP contribution < -0.4 is 4.74 Å². The summed E-state index contributed by atoms with van der Waals surface area (Å²) >= 11 is 11.2. The quantitative estimate of drug-likeness (QED) is 0.592. The van der Waals surface area contributed by atoms with E-state index in [0.717, 1.165) is 5.56 Å². The summed E-state index contributed by atoms with van der Waals surface area (Å²) in [6, 6.07) is 11.8. The highest BCUT2D eigenvalue weighted by Gasteiger charge is 2.04. The molecule has 2 rings (SSSR count). The molecule has 0 aliphatic rings. The number of ether oxygens (including phenoxy) is 1. The largest absolute Gasteiger partial charge is 0.489 e. The molecular formula is C16H11Cl2FO. The predicted molar refractivity (Wildman–Crippen MR) is 79.8 cm³/mol. The normalized spacial score (nSPS) is 9.75. The van der Waals surface area contributed by atoms with E-state index in [0.29, 0.717) is 16.3 Å². The van der Waals surface area contributed by atoms with Gasteiger partial charge in [0.2, 0.25) is 0 Å². The third-order valence-corrected chi connectivity index (χ3v) is 2.91. The van der Waals surface area contributed by atoms with Crippen LogP contribution in [0.1, 0.15) is 11.1 Å². The van der Waals surface area contributed by atoms with Crippen LogP contribution >= 0.6 is 23.2 Å². The molecule has 1 nitrogen and oxygen atoms in total. The molecule has 2 aromatic rings. The first kappa shape index (κ1) is 14.7. The average Bonchev–Trinajstić information content (AvgIpc) is 2.45. The van der Waals surface area contributed by atoms with Gasteiger partial charge in [-0.2, -0.15) is 0 Å². The molecule has 0 heterocycles. The van der Waals surface area contributed by atoms with Crippen LogP contribution in [0.3, 0.4) is 0 Å². The van der Waals surface area contributed by atoms with Crippen LogP contribution in [-0.4, -0.2) is 5.88 Å². The summed E-state index contributed by atoms with van der Waals surface area (Å²) in [5.41, 5.74) is 1.26. The van der Waals surface area contributed by atoms with Gasteiger partial charge in [0.15, 0.2) is 0 Å². The maximum atomic E-state index is 13.6. The smallest absolute Gasteiger partial charge is 0.131 e. The van der Waals surface area contributed by atoms with Gasteiger partial charge >= 0.3 is 0 Å². The molecule has 0 atom stereocenters. The molecule has 102 valence electrons. The van der Waals surface area contributed by atoms with Crippen molar-refractivity contribution in [1.82, 2.24) is 0 Å². The number of benzene rings is 2. The molecule has 0 amide bonds. The monoisotopic (exact) mass is 308 g/mol. The van der Waals surface area contributed by atoms with Crippen molar-refractivity contribution in [1.29, 1.82) is 0 Å². The first-order valence-corrected chi connectivity index (χ1v) is 6.82. The van der Waals surface area contributed by atoms with Crippen LogP contribution in [0.25, 0.3) is 0 Å². The standard InChI is InChI=1S/C16H11Cl2FO/c17-8-2-4-12-3-1-5-15(9-12)20-11-13-6-7-14(18)10-16(13)19/h1,3,5-7,9-10H,8,11H2. The van der Waals surface area contributed by atoms with Crippen molar-refractivity contribution >= 4 is 23.2 Å². The van der Waals surface area contributed by atoms with Gasteiger partial charge in [-0.05, 0) is 30.3 Å². The van der Waals surface area contributed by atoms with Gasteiger partial charge in [0.1, 0.15) is 18.2 Å². The number of rotatable bonds is 3. The van der Waals surface area contributed by atoms with Gasteiger partial charge in [-0.1, -0.05) is 35.6 Å². The van der Waals surface area contributed by atoms with Crippen LogP contribution in [0, 0.1) is 17.7 Å². The van der Waals surface area contributed by atoms with Crippen LogP contribution in [0.15, 0.2) is 42.5 Å². The van der Waals surface area contributed by atoms with Crippen molar-refractivity contribution in [3.8, 4) is 17.6 Å². The van der Waals surface area contributed by atoms with Gasteiger partial charge < -0.3 is 4.74 Å². The Labute approximate surface area is 127 Å². The van der Waals surface area contributed by atoms with Crippen molar-refractivity contribution in [3.63, 3.8) is 0 Å². The summed E-state index contributed by atoms with van der Waals surface area (Å²) < 4.78 is 19.1. The zero-order valence-electron chi connectivity index (χ0n) is 10.5. The minimum atomic E-state index is -0.379. The van der Waals surface area contributed by atoms with Gasteiger partial charge in [0.05, 0.1) is 5.88 Å². The molecule has 0 aliphatic carbocycles. The van der Waals surface area contributed by atoms with Gasteiger partial charge in [0.25, 0.3) is 0 Å². The Morgan fingerprint density at radius 2 is 2.00 bits per heavy atom. The van der Waals surface area contributed by atoms with Gasteiger partial charge in [0, 0.05) is 16.1 Å². The van der Waals surface area contributed by atoms with Crippen molar-refractivity contribution in [3.05, 3.63) is 64.4 Å². The number of alkyl halides is 1. The van der Waals surface area contributed by atoms with E-state index in [4.69, 9.17) is 27.9 Å². The Hall–Kier alpha value is -1.69. The van der Waals surface area contributed by atoms with Crippen LogP contribution in [0.2, 0.25) is 5.02 Å². The second-order valence-electron chi connectivity index (χ2n) is 3.99. The molecule has 20 heavy (non-hydrogen) atoms. The fraction of sp³-hybridized carbons (Fsp3) is 0.125. The fourth-order valence-electron chi connectivity index (χ4n) is 1.60. The van der Waals surface area contributed by atoms with Crippen molar-refractivity contribution < 1.29 is 9.13 Å². The molecule has 0 spiro atoms. The third-order valence-electron chi connectivity index (χ3n) is 2.54. The average molecular weight is 309 g/mol. The Morgan fingerprint density at radius 3 is 2.75 bits per heavy atom. The highest BCUT2D eigenvalue weighted by molar-refractivity contribution is 6.30. The van der Waals surface area contributed by atoms with E-state index in [-0.39, 0.29) is 18.3 Å². The zero-order valence-corrected chi connectivity index (χ0v) is 12.0. The summed E-state index contributed by atoms with van der Waals surface area (Å²) in [6.45, 7) is 0.134. The van der Waals surface area contributed by atoms with Gasteiger partial charge in [-0.3, -0.25) is 0 Å². The molecule has 0 aliphatic heterocycles. The second kappa shape index (κ2) is 7.19. The lowest BCUT2D eigenvalue weighted by Crippen LogP contribution is -1.98. The Balaban J connectivity index is 2.07. The predicted octanol–water partition coefficient (Wildman–Crippen LogP) is 4.65. The third kappa shape index (κ3) is 4.16. The summed E-state index contributed by atoms with van der Waals surface area (Å²) in [6.07, 6.45) is 0. The summed E-state index contributed by atoms with van der Waals surface area (Å²) in [5, 5.41) is 0.365. The molecule has 0 fully saturated rings. The van der Waals surface area contributed by atoms with Gasteiger partial charge in [-0.25, -0.2) is 4.39 Å². The number of halogens is 3. The number of hydrogen-bond donors (Lipinski definition) is 0. The zero-order chi connectivity index (χ0) is 14.4. The molecule has 0 saturated heterocycles. The molecule has 0 unspecified atom stereocenters. The molecular weight excluding hydrogens is 298 g/mol. The molecule has 0 aromatic heterocycles. The summed E-state index contributed by atoms with van der Waals surface area (Å²) in [4.78, 5) is 0. The maximum absolute atomic E-state index is 13.6. The number of hydrogen-bond acceptors (Lipinski definition) is 1. The van der Waals surface area contributed by atoms with Gasteiger partial charge in [-0.15, -0.1) is 11.6 Å². The van der Waals surface area contributed by atoms with Crippen molar-refractivity contribution in [2.24, 2.45) is 0 Å². The van der Waals surface area contributed by atoms with E-state index in [1.807, 2.05) is 12.1 Å². The molecule has 0 bridgehead atoms. The molecule has 2 aromatic carbocycles. The summed E-state index contributed by atoms with van der Waals surface area (Å²) in [7, 11) is 0. The maximum Gasteiger partial charge on any atom is 0.131 e. The second-order valence-corrected chi connectivity index (χ2v) is 4.69. The van der Waals surface area contributed by atoms with E-state index in [1.165, 1.54) is 6.07 Å². The van der Waals surface area contributed by atoms with E-state index in [9.17, 15) is 4.39 Å². The first-order chi connectivity index (χ1) is 9.69. The lowest BCUT2D eigenvalue weighted by atomic mass is 10.2. The Bertz CT molecular complexity index is 659. The molecule has 0 radical (unpaired) electrons. The Morgan fingerprint density at radius 1 is 1.15 bits per heavy atom. The first-order valence-electron chi connectivity index (χ1n) is 5.90. The lowest BCUT2D eigenvalue weighted by Gasteiger charge is -2.07. The Kier molecular flexibility index (Phi) is 5.29. The molecule has 0 N–H and O–H groups in total. The highest BCUT2D eigenvalue weighted by atomic mass is 35.5. The minimum Gasteiger partial charge on any atom is -0.489 e. The highest BCUT2D eigenvalue weighted by Crippen LogP contribution is 2.18. The van der Waals surface area contributed by atoms with E-state index >= 15 is 0 Å². The van der Waals surface area contributed by atoms with Crippen molar-refractivity contribution in [2.75, 3.05) is 5.88 Å². The molecule has 0 saturated carbocycles. The molecule has 4 heteroatoms. The summed E-state index contributed by atoms with van der Waals surface area (Å²) in [5.74, 6) is 6.19. The van der Waals surface area contributed by atoms with E-state index < -0.39 is 0 Å². The SMILES string of the molecule is Fc1cc(Cl)ccc1COc1cccc(C#CCCl)c1. The van der Waals surface area contributed by atoms with Crippen LogP contribution in [0.4, 0.5) is 4.39 Å². The minimum absolute atomic E-state index is 0.134.